The zero-order valence-corrected chi connectivity index (χ0v) is 25.8. The van der Waals surface area contributed by atoms with E-state index in [2.05, 4.69) is 40.5 Å². The number of carboxylic acids is 1. The molecule has 44 heavy (non-hydrogen) atoms. The Kier molecular flexibility index (Phi) is 11.6. The first-order chi connectivity index (χ1) is 21.0. The summed E-state index contributed by atoms with van der Waals surface area (Å²) in [6, 6.07) is 16.8. The number of rotatable bonds is 9. The molecule has 2 heterocycles. The number of benzene rings is 2. The molecule has 2 aromatic carbocycles. The van der Waals surface area contributed by atoms with Crippen molar-refractivity contribution in [1.82, 2.24) is 15.1 Å². The van der Waals surface area contributed by atoms with Gasteiger partial charge in [0.05, 0.1) is 12.7 Å². The zero-order chi connectivity index (χ0) is 31.9. The number of halogens is 3. The van der Waals surface area contributed by atoms with E-state index in [1.165, 1.54) is 18.4 Å². The molecule has 1 saturated carbocycles. The number of ether oxygens (including phenoxy) is 1. The van der Waals surface area contributed by atoms with Crippen LogP contribution in [0.25, 0.3) is 0 Å². The fourth-order valence-corrected chi connectivity index (χ4v) is 6.92. The molecule has 1 aliphatic carbocycles. The number of methoxy groups -OCH3 is 1. The molecule has 3 fully saturated rings. The monoisotopic (exact) mass is 635 g/mol. The minimum absolute atomic E-state index is 0.0692. The number of amides is 2. The van der Waals surface area contributed by atoms with Gasteiger partial charge in [-0.15, -0.1) is 11.8 Å². The van der Waals surface area contributed by atoms with Crippen molar-refractivity contribution >= 4 is 29.5 Å². The van der Waals surface area contributed by atoms with Crippen molar-refractivity contribution in [3.05, 3.63) is 59.7 Å². The van der Waals surface area contributed by atoms with Crippen LogP contribution in [0.4, 0.5) is 13.2 Å². The lowest BCUT2D eigenvalue weighted by molar-refractivity contribution is -0.192. The summed E-state index contributed by atoms with van der Waals surface area (Å²) >= 11 is 1.65. The molecule has 0 bridgehead atoms. The minimum atomic E-state index is -5.08. The van der Waals surface area contributed by atoms with E-state index in [1.54, 1.807) is 18.9 Å². The highest BCUT2D eigenvalue weighted by Gasteiger charge is 2.44. The number of likely N-dealkylation sites (tertiary alicyclic amines) is 2. The van der Waals surface area contributed by atoms with Crippen LogP contribution in [0.2, 0.25) is 0 Å². The topological polar surface area (TPSA) is 99.2 Å². The molecule has 0 aromatic heterocycles. The molecular weight excluding hydrogens is 595 g/mol. The van der Waals surface area contributed by atoms with Crippen molar-refractivity contribution in [3.8, 4) is 5.75 Å². The number of carbonyl (C=O) groups excluding carboxylic acids is 2. The number of carboxylic acid groups (broad SMARTS) is 1. The maximum atomic E-state index is 13.4. The second-order valence-corrected chi connectivity index (χ2v) is 12.4. The molecule has 0 spiro atoms. The molecule has 2 aromatic rings. The summed E-state index contributed by atoms with van der Waals surface area (Å²) in [5.41, 5.74) is 1.96. The van der Waals surface area contributed by atoms with Crippen molar-refractivity contribution in [1.29, 1.82) is 0 Å². The van der Waals surface area contributed by atoms with Gasteiger partial charge < -0.3 is 20.1 Å². The van der Waals surface area contributed by atoms with Gasteiger partial charge in [0.1, 0.15) is 5.75 Å². The molecule has 5 rings (SSSR count). The Balaban J connectivity index is 0.000000566. The van der Waals surface area contributed by atoms with Crippen LogP contribution < -0.4 is 10.1 Å². The Bertz CT molecular complexity index is 1280. The van der Waals surface area contributed by atoms with Crippen molar-refractivity contribution < 1.29 is 37.4 Å². The maximum absolute atomic E-state index is 13.4. The molecule has 8 nitrogen and oxygen atoms in total. The fourth-order valence-electron chi connectivity index (χ4n) is 6.49. The Morgan fingerprint density at radius 1 is 1.02 bits per heavy atom. The van der Waals surface area contributed by atoms with E-state index in [0.717, 1.165) is 50.3 Å². The number of alkyl halides is 3. The smallest absolute Gasteiger partial charge is 0.490 e. The molecule has 240 valence electrons. The molecule has 3 atom stereocenters. The van der Waals surface area contributed by atoms with Crippen LogP contribution in [0.1, 0.15) is 54.1 Å². The van der Waals surface area contributed by atoms with Crippen molar-refractivity contribution in [2.75, 3.05) is 46.1 Å². The number of carbonyl (C=O) groups is 3. The standard InChI is InChI=1S/C30H39N3O3S.C2HF3O2/c1-36-28-16-25(37-2)12-13-26(28)30(35)33-19-23-17-32(18-24(23)20-33)27(21-8-4-3-5-9-21)14-15-31-29(34)22-10-6-7-11-22;3-2(4,5)1(6)7/h3-5,8-9,12-13,16,22-24,27H,6-7,10-11,14-15,17-20H2,1-2H3,(H,31,34);(H,6,7)/t23?,24?,27-;/m0./s1. The SMILES string of the molecule is COc1cc(SC)ccc1C(=O)N1CC2CN([C@@H](CCNC(=O)C3CCCC3)c3ccccc3)CC2C1.O=C(O)C(F)(F)F. The maximum Gasteiger partial charge on any atom is 0.490 e. The van der Waals surface area contributed by atoms with Gasteiger partial charge in [-0.05, 0) is 61.1 Å². The lowest BCUT2D eigenvalue weighted by atomic mass is 10.0. The third-order valence-electron chi connectivity index (χ3n) is 8.75. The summed E-state index contributed by atoms with van der Waals surface area (Å²) in [5, 5.41) is 10.4. The molecule has 3 aliphatic rings. The Hall–Kier alpha value is -3.25. The predicted octanol–water partition coefficient (Wildman–Crippen LogP) is 5.49. The van der Waals surface area contributed by atoms with E-state index in [0.29, 0.717) is 29.7 Å². The van der Waals surface area contributed by atoms with Crippen LogP contribution >= 0.6 is 11.8 Å². The minimum Gasteiger partial charge on any atom is -0.496 e. The average molecular weight is 636 g/mol. The molecule has 2 saturated heterocycles. The first-order valence-electron chi connectivity index (χ1n) is 14.9. The van der Waals surface area contributed by atoms with Gasteiger partial charge in [0.15, 0.2) is 0 Å². The largest absolute Gasteiger partial charge is 0.496 e. The number of nitrogens with one attached hydrogen (secondary N) is 1. The van der Waals surface area contributed by atoms with Crippen LogP contribution in [0.3, 0.4) is 0 Å². The third kappa shape index (κ3) is 8.47. The summed E-state index contributed by atoms with van der Waals surface area (Å²) in [5.74, 6) is -0.649. The number of hydrogen-bond donors (Lipinski definition) is 2. The van der Waals surface area contributed by atoms with Crippen LogP contribution in [-0.2, 0) is 9.59 Å². The Labute approximate surface area is 260 Å². The van der Waals surface area contributed by atoms with Gasteiger partial charge >= 0.3 is 12.1 Å². The third-order valence-corrected chi connectivity index (χ3v) is 9.48. The molecule has 2 unspecified atom stereocenters. The van der Waals surface area contributed by atoms with E-state index in [-0.39, 0.29) is 23.8 Å². The quantitative estimate of drug-likeness (QED) is 0.352. The average Bonchev–Trinajstić information content (AvgIpc) is 3.77. The van der Waals surface area contributed by atoms with Gasteiger partial charge in [0.25, 0.3) is 5.91 Å². The molecule has 12 heteroatoms. The van der Waals surface area contributed by atoms with Crippen molar-refractivity contribution in [3.63, 3.8) is 0 Å². The predicted molar refractivity (Wildman–Crippen MR) is 162 cm³/mol. The molecular formula is C32H40F3N3O5S. The first kappa shape index (κ1) is 33.6. The highest BCUT2D eigenvalue weighted by Crippen LogP contribution is 2.38. The molecule has 0 radical (unpaired) electrons. The fraction of sp³-hybridized carbons (Fsp3) is 0.531. The molecule has 2 N–H and O–H groups in total. The summed E-state index contributed by atoms with van der Waals surface area (Å²) in [6.45, 7) is 4.23. The Morgan fingerprint density at radius 3 is 2.18 bits per heavy atom. The van der Waals surface area contributed by atoms with E-state index in [1.807, 2.05) is 29.4 Å². The van der Waals surface area contributed by atoms with E-state index in [9.17, 15) is 22.8 Å². The van der Waals surface area contributed by atoms with Crippen LogP contribution in [-0.4, -0.2) is 85.0 Å². The molecule has 2 aliphatic heterocycles. The summed E-state index contributed by atoms with van der Waals surface area (Å²) in [6.07, 6.45) is 2.27. The van der Waals surface area contributed by atoms with E-state index < -0.39 is 12.1 Å². The number of thioether (sulfide) groups is 1. The first-order valence-corrected chi connectivity index (χ1v) is 16.1. The highest BCUT2D eigenvalue weighted by molar-refractivity contribution is 7.98. The highest BCUT2D eigenvalue weighted by atomic mass is 32.2. The molecule has 2 amide bonds. The normalized spacial score (nSPS) is 20.9. The van der Waals surface area contributed by atoms with E-state index >= 15 is 0 Å². The lowest BCUT2D eigenvalue weighted by Crippen LogP contribution is -2.36. The number of hydrogen-bond acceptors (Lipinski definition) is 6. The van der Waals surface area contributed by atoms with Crippen molar-refractivity contribution in [2.45, 2.75) is 49.2 Å². The second kappa shape index (κ2) is 15.2. The van der Waals surface area contributed by atoms with Gasteiger partial charge in [-0.1, -0.05) is 43.2 Å². The van der Waals surface area contributed by atoms with Crippen LogP contribution in [0.5, 0.6) is 5.75 Å². The van der Waals surface area contributed by atoms with E-state index in [4.69, 9.17) is 14.6 Å². The summed E-state index contributed by atoms with van der Waals surface area (Å²) < 4.78 is 37.3. The van der Waals surface area contributed by atoms with Crippen LogP contribution in [0.15, 0.2) is 53.4 Å². The van der Waals surface area contributed by atoms with Crippen LogP contribution in [0, 0.1) is 17.8 Å². The summed E-state index contributed by atoms with van der Waals surface area (Å²) in [7, 11) is 1.63. The number of nitrogens with zero attached hydrogens (tertiary/aromatic N) is 2. The van der Waals surface area contributed by atoms with Crippen molar-refractivity contribution in [2.24, 2.45) is 17.8 Å². The van der Waals surface area contributed by atoms with Gasteiger partial charge in [-0.3, -0.25) is 14.5 Å². The van der Waals surface area contributed by atoms with Gasteiger partial charge in [0, 0.05) is 49.6 Å². The number of fused-ring (bicyclic) bond motifs is 1. The van der Waals surface area contributed by atoms with Gasteiger partial charge in [0.2, 0.25) is 5.91 Å². The second-order valence-electron chi connectivity index (χ2n) is 11.5. The number of aliphatic carboxylic acids is 1. The summed E-state index contributed by atoms with van der Waals surface area (Å²) in [4.78, 5) is 40.6. The van der Waals surface area contributed by atoms with Gasteiger partial charge in [-0.2, -0.15) is 13.2 Å². The Morgan fingerprint density at radius 2 is 1.64 bits per heavy atom. The zero-order valence-electron chi connectivity index (χ0n) is 25.0. The van der Waals surface area contributed by atoms with Gasteiger partial charge in [-0.25, -0.2) is 4.79 Å². The lowest BCUT2D eigenvalue weighted by Gasteiger charge is -2.30.